The lowest BCUT2D eigenvalue weighted by molar-refractivity contribution is -0.132. The van der Waals surface area contributed by atoms with Gasteiger partial charge < -0.3 is 14.0 Å². The molecule has 2 aromatic carbocycles. The second-order valence-corrected chi connectivity index (χ2v) is 6.76. The SMILES string of the molecule is CCn1c2c(c3ccc(OC(C)=O)cc31)CCc1cc(OC(C)=O)ccc1-2. The smallest absolute Gasteiger partial charge is 0.308 e. The van der Waals surface area contributed by atoms with Crippen LogP contribution in [0.4, 0.5) is 0 Å². The fraction of sp³-hybridized carbons (Fsp3) is 0.273. The molecule has 0 atom stereocenters. The maximum atomic E-state index is 11.3. The Bertz CT molecular complexity index is 1080. The minimum atomic E-state index is -0.322. The molecule has 1 aliphatic rings. The van der Waals surface area contributed by atoms with E-state index in [1.54, 1.807) is 0 Å². The van der Waals surface area contributed by atoms with Crippen LogP contribution in [0.25, 0.3) is 22.2 Å². The van der Waals surface area contributed by atoms with Crippen molar-refractivity contribution in [2.45, 2.75) is 40.2 Å². The van der Waals surface area contributed by atoms with Crippen molar-refractivity contribution in [2.75, 3.05) is 0 Å². The fourth-order valence-corrected chi connectivity index (χ4v) is 4.02. The van der Waals surface area contributed by atoms with Crippen molar-refractivity contribution in [3.63, 3.8) is 0 Å². The van der Waals surface area contributed by atoms with Gasteiger partial charge in [0.1, 0.15) is 11.5 Å². The number of hydrogen-bond acceptors (Lipinski definition) is 4. The Hall–Kier alpha value is -3.08. The first-order valence-electron chi connectivity index (χ1n) is 9.13. The monoisotopic (exact) mass is 363 g/mol. The number of ether oxygens (including phenoxy) is 2. The Morgan fingerprint density at radius 2 is 1.63 bits per heavy atom. The summed E-state index contributed by atoms with van der Waals surface area (Å²) in [5.41, 5.74) is 5.92. The molecule has 0 bridgehead atoms. The minimum absolute atomic E-state index is 0.313. The van der Waals surface area contributed by atoms with E-state index in [9.17, 15) is 9.59 Å². The highest BCUT2D eigenvalue weighted by molar-refractivity contribution is 5.94. The molecule has 27 heavy (non-hydrogen) atoms. The summed E-state index contributed by atoms with van der Waals surface area (Å²) in [7, 11) is 0. The second-order valence-electron chi connectivity index (χ2n) is 6.76. The van der Waals surface area contributed by atoms with Gasteiger partial charge >= 0.3 is 11.9 Å². The number of hydrogen-bond donors (Lipinski definition) is 0. The Kier molecular flexibility index (Phi) is 4.22. The molecule has 0 unspecified atom stereocenters. The van der Waals surface area contributed by atoms with Crippen LogP contribution in [0.1, 0.15) is 31.9 Å². The third-order valence-electron chi connectivity index (χ3n) is 4.96. The van der Waals surface area contributed by atoms with Crippen LogP contribution in [0.3, 0.4) is 0 Å². The van der Waals surface area contributed by atoms with Crippen LogP contribution in [0.2, 0.25) is 0 Å². The van der Waals surface area contributed by atoms with E-state index in [-0.39, 0.29) is 11.9 Å². The summed E-state index contributed by atoms with van der Waals surface area (Å²) in [6.07, 6.45) is 1.81. The van der Waals surface area contributed by atoms with Gasteiger partial charge in [0.15, 0.2) is 0 Å². The summed E-state index contributed by atoms with van der Waals surface area (Å²) in [5.74, 6) is 0.509. The zero-order valence-electron chi connectivity index (χ0n) is 15.7. The van der Waals surface area contributed by atoms with Crippen molar-refractivity contribution in [3.05, 3.63) is 47.5 Å². The van der Waals surface area contributed by atoms with Gasteiger partial charge in [0, 0.05) is 37.4 Å². The number of fused-ring (bicyclic) bond motifs is 5. The van der Waals surface area contributed by atoms with Gasteiger partial charge in [0.25, 0.3) is 0 Å². The summed E-state index contributed by atoms with van der Waals surface area (Å²) in [5, 5.41) is 1.19. The zero-order valence-corrected chi connectivity index (χ0v) is 15.7. The first kappa shape index (κ1) is 17.3. The van der Waals surface area contributed by atoms with E-state index < -0.39 is 0 Å². The lowest BCUT2D eigenvalue weighted by Gasteiger charge is -2.20. The molecule has 1 heterocycles. The molecule has 1 aromatic heterocycles. The predicted octanol–water partition coefficient (Wildman–Crippen LogP) is 4.28. The summed E-state index contributed by atoms with van der Waals surface area (Å²) < 4.78 is 12.8. The highest BCUT2D eigenvalue weighted by atomic mass is 16.5. The first-order valence-corrected chi connectivity index (χ1v) is 9.13. The third kappa shape index (κ3) is 2.99. The maximum Gasteiger partial charge on any atom is 0.308 e. The highest BCUT2D eigenvalue weighted by Crippen LogP contribution is 2.42. The first-order chi connectivity index (χ1) is 13.0. The van der Waals surface area contributed by atoms with Gasteiger partial charge in [-0.15, -0.1) is 0 Å². The molecule has 0 N–H and O–H groups in total. The van der Waals surface area contributed by atoms with Crippen molar-refractivity contribution < 1.29 is 19.1 Å². The number of benzene rings is 2. The normalized spacial score (nSPS) is 12.4. The molecular formula is C22H21NO4. The summed E-state index contributed by atoms with van der Waals surface area (Å²) in [6, 6.07) is 11.7. The molecule has 0 saturated heterocycles. The molecule has 138 valence electrons. The van der Waals surface area contributed by atoms with Crippen molar-refractivity contribution in [3.8, 4) is 22.8 Å². The van der Waals surface area contributed by atoms with Gasteiger partial charge in [-0.25, -0.2) is 0 Å². The van der Waals surface area contributed by atoms with Crippen molar-refractivity contribution in [1.82, 2.24) is 4.57 Å². The molecule has 5 heteroatoms. The van der Waals surface area contributed by atoms with Crippen molar-refractivity contribution >= 4 is 22.8 Å². The molecule has 5 nitrogen and oxygen atoms in total. The number of esters is 2. The van der Waals surface area contributed by atoms with E-state index in [2.05, 4.69) is 11.5 Å². The van der Waals surface area contributed by atoms with Gasteiger partial charge in [0.05, 0.1) is 11.2 Å². The Balaban J connectivity index is 1.89. The molecule has 0 spiro atoms. The summed E-state index contributed by atoms with van der Waals surface area (Å²) >= 11 is 0. The van der Waals surface area contributed by atoms with E-state index >= 15 is 0 Å². The molecule has 3 aromatic rings. The van der Waals surface area contributed by atoms with Gasteiger partial charge in [0.2, 0.25) is 0 Å². The number of aryl methyl sites for hydroxylation is 3. The van der Waals surface area contributed by atoms with Crippen molar-refractivity contribution in [1.29, 1.82) is 0 Å². The Labute approximate surface area is 157 Å². The van der Waals surface area contributed by atoms with Crippen LogP contribution in [-0.4, -0.2) is 16.5 Å². The lowest BCUT2D eigenvalue weighted by atomic mass is 9.89. The predicted molar refractivity (Wildman–Crippen MR) is 103 cm³/mol. The second kappa shape index (κ2) is 6.58. The van der Waals surface area contributed by atoms with Crippen molar-refractivity contribution in [2.24, 2.45) is 0 Å². The maximum absolute atomic E-state index is 11.3. The van der Waals surface area contributed by atoms with Gasteiger partial charge in [-0.05, 0) is 61.2 Å². The lowest BCUT2D eigenvalue weighted by Crippen LogP contribution is -2.08. The molecule has 0 fully saturated rings. The fourth-order valence-electron chi connectivity index (χ4n) is 4.02. The molecule has 0 aliphatic heterocycles. The quantitative estimate of drug-likeness (QED) is 0.515. The zero-order chi connectivity index (χ0) is 19.1. The van der Waals surface area contributed by atoms with Crippen LogP contribution in [0.5, 0.6) is 11.5 Å². The number of nitrogens with zero attached hydrogens (tertiary/aromatic N) is 1. The molecule has 1 aliphatic carbocycles. The molecular weight excluding hydrogens is 342 g/mol. The van der Waals surface area contributed by atoms with Gasteiger partial charge in [-0.2, -0.15) is 0 Å². The number of aromatic nitrogens is 1. The third-order valence-corrected chi connectivity index (χ3v) is 4.96. The standard InChI is InChI=1S/C22H21NO4/c1-4-23-21-12-17(27-14(3)25)7-10-19(21)20-8-5-15-11-16(26-13(2)24)6-9-18(15)22(20)23/h6-7,9-12H,4-5,8H2,1-3H3. The summed E-state index contributed by atoms with van der Waals surface area (Å²) in [4.78, 5) is 22.5. The Morgan fingerprint density at radius 1 is 0.963 bits per heavy atom. The largest absolute Gasteiger partial charge is 0.427 e. The minimum Gasteiger partial charge on any atom is -0.427 e. The van der Waals surface area contributed by atoms with Crippen LogP contribution < -0.4 is 9.47 Å². The number of rotatable bonds is 3. The molecule has 0 radical (unpaired) electrons. The average Bonchev–Trinajstić information content (AvgIpc) is 2.93. The molecule has 0 amide bonds. The molecule has 4 rings (SSSR count). The van der Waals surface area contributed by atoms with Crippen LogP contribution in [0.15, 0.2) is 36.4 Å². The van der Waals surface area contributed by atoms with Gasteiger partial charge in [-0.1, -0.05) is 0 Å². The van der Waals surface area contributed by atoms with E-state index in [0.717, 1.165) is 24.9 Å². The van der Waals surface area contributed by atoms with E-state index in [1.165, 1.54) is 41.6 Å². The van der Waals surface area contributed by atoms with E-state index in [1.807, 2.05) is 36.4 Å². The average molecular weight is 363 g/mol. The highest BCUT2D eigenvalue weighted by Gasteiger charge is 2.24. The van der Waals surface area contributed by atoms with Crippen LogP contribution in [-0.2, 0) is 29.0 Å². The van der Waals surface area contributed by atoms with Crippen LogP contribution in [0, 0.1) is 0 Å². The van der Waals surface area contributed by atoms with E-state index in [4.69, 9.17) is 9.47 Å². The topological polar surface area (TPSA) is 57.5 Å². The van der Waals surface area contributed by atoms with E-state index in [0.29, 0.717) is 11.5 Å². The van der Waals surface area contributed by atoms with Gasteiger partial charge in [-0.3, -0.25) is 9.59 Å². The van der Waals surface area contributed by atoms with Crippen LogP contribution >= 0.6 is 0 Å². The summed E-state index contributed by atoms with van der Waals surface area (Å²) in [6.45, 7) is 5.73. The molecule has 0 saturated carbocycles. The number of carbonyl (C=O) groups excluding carboxylic acids is 2. The number of carbonyl (C=O) groups is 2. The Morgan fingerprint density at radius 3 is 2.30 bits per heavy atom.